The van der Waals surface area contributed by atoms with Gasteiger partial charge >= 0.3 is 0 Å². The highest BCUT2D eigenvalue weighted by molar-refractivity contribution is 7.98. The number of hydrogen-bond acceptors (Lipinski definition) is 5. The monoisotopic (exact) mass is 274 g/mol. The van der Waals surface area contributed by atoms with E-state index in [4.69, 9.17) is 5.84 Å². The minimum atomic E-state index is -0.200. The average Bonchev–Trinajstić information content (AvgIpc) is 2.47. The Hall–Kier alpha value is -2.05. The van der Waals surface area contributed by atoms with Gasteiger partial charge in [-0.05, 0) is 36.6 Å². The highest BCUT2D eigenvalue weighted by atomic mass is 32.2. The van der Waals surface area contributed by atoms with Gasteiger partial charge in [-0.3, -0.25) is 4.79 Å². The number of benzene rings is 1. The summed E-state index contributed by atoms with van der Waals surface area (Å²) in [5.74, 6) is 5.53. The summed E-state index contributed by atoms with van der Waals surface area (Å²) in [7, 11) is 0. The van der Waals surface area contributed by atoms with Crippen LogP contribution in [-0.2, 0) is 0 Å². The topological polar surface area (TPSA) is 80.0 Å². The van der Waals surface area contributed by atoms with Gasteiger partial charge in [-0.25, -0.2) is 10.8 Å². The molecule has 0 unspecified atom stereocenters. The van der Waals surface area contributed by atoms with Crippen LogP contribution in [-0.4, -0.2) is 17.1 Å². The van der Waals surface area contributed by atoms with Crippen LogP contribution in [0.5, 0.6) is 0 Å². The molecule has 2 rings (SSSR count). The van der Waals surface area contributed by atoms with E-state index in [9.17, 15) is 4.79 Å². The Labute approximate surface area is 115 Å². The van der Waals surface area contributed by atoms with Gasteiger partial charge in [0.15, 0.2) is 0 Å². The minimum Gasteiger partial charge on any atom is -0.322 e. The number of hydrogen-bond donors (Lipinski definition) is 3. The van der Waals surface area contributed by atoms with Gasteiger partial charge in [0.1, 0.15) is 5.82 Å². The zero-order valence-corrected chi connectivity index (χ0v) is 11.2. The van der Waals surface area contributed by atoms with Crippen LogP contribution in [0.25, 0.3) is 0 Å². The lowest BCUT2D eigenvalue weighted by molar-refractivity contribution is 0.102. The fourth-order valence-electron chi connectivity index (χ4n) is 1.52. The van der Waals surface area contributed by atoms with Crippen LogP contribution in [0.4, 0.5) is 11.5 Å². The Balaban J connectivity index is 2.11. The second-order valence-corrected chi connectivity index (χ2v) is 4.64. The molecule has 0 saturated heterocycles. The number of thioether (sulfide) groups is 1. The first-order valence-corrected chi connectivity index (χ1v) is 6.83. The Morgan fingerprint density at radius 1 is 1.32 bits per heavy atom. The van der Waals surface area contributed by atoms with Gasteiger partial charge in [-0.15, -0.1) is 11.8 Å². The second kappa shape index (κ2) is 6.21. The molecular formula is C13H14N4OS. The molecule has 4 N–H and O–H groups in total. The SMILES string of the molecule is CSc1cccc(NC(=O)c2ccc(NN)nc2)c1. The standard InChI is InChI=1S/C13H14N4OS/c1-19-11-4-2-3-10(7-11)16-13(18)9-5-6-12(17-14)15-8-9/h2-8H,14H2,1H3,(H,15,17)(H,16,18). The lowest BCUT2D eigenvalue weighted by Gasteiger charge is -2.06. The number of hydrazine groups is 1. The van der Waals surface area contributed by atoms with Crippen LogP contribution in [0.15, 0.2) is 47.5 Å². The zero-order valence-electron chi connectivity index (χ0n) is 10.4. The first-order chi connectivity index (χ1) is 9.22. The first kappa shape index (κ1) is 13.4. The fraction of sp³-hybridized carbons (Fsp3) is 0.0769. The van der Waals surface area contributed by atoms with E-state index in [0.29, 0.717) is 11.4 Å². The quantitative estimate of drug-likeness (QED) is 0.453. The van der Waals surface area contributed by atoms with Gasteiger partial charge in [0.25, 0.3) is 5.91 Å². The molecule has 1 aromatic carbocycles. The van der Waals surface area contributed by atoms with Crippen molar-refractivity contribution in [2.24, 2.45) is 5.84 Å². The van der Waals surface area contributed by atoms with Gasteiger partial charge in [0.2, 0.25) is 0 Å². The number of nitrogens with two attached hydrogens (primary N) is 1. The van der Waals surface area contributed by atoms with Crippen molar-refractivity contribution < 1.29 is 4.79 Å². The molecule has 6 heteroatoms. The summed E-state index contributed by atoms with van der Waals surface area (Å²) >= 11 is 1.62. The van der Waals surface area contributed by atoms with Crippen LogP contribution in [0, 0.1) is 0 Å². The van der Waals surface area contributed by atoms with Crippen molar-refractivity contribution in [1.29, 1.82) is 0 Å². The molecule has 0 aliphatic carbocycles. The summed E-state index contributed by atoms with van der Waals surface area (Å²) in [6.07, 6.45) is 3.46. The number of aromatic nitrogens is 1. The number of nitrogen functional groups attached to an aromatic ring is 1. The summed E-state index contributed by atoms with van der Waals surface area (Å²) in [6, 6.07) is 11.0. The van der Waals surface area contributed by atoms with E-state index in [1.165, 1.54) is 6.20 Å². The number of rotatable bonds is 4. The smallest absolute Gasteiger partial charge is 0.257 e. The summed E-state index contributed by atoms with van der Waals surface area (Å²) in [6.45, 7) is 0. The van der Waals surface area contributed by atoms with Gasteiger partial charge in [-0.2, -0.15) is 0 Å². The summed E-state index contributed by atoms with van der Waals surface area (Å²) in [5.41, 5.74) is 3.65. The Morgan fingerprint density at radius 3 is 2.79 bits per heavy atom. The third kappa shape index (κ3) is 3.46. The van der Waals surface area contributed by atoms with Crippen molar-refractivity contribution in [3.05, 3.63) is 48.2 Å². The van der Waals surface area contributed by atoms with Crippen molar-refractivity contribution >= 4 is 29.2 Å². The number of amides is 1. The average molecular weight is 274 g/mol. The number of nitrogens with zero attached hydrogens (tertiary/aromatic N) is 1. The number of anilines is 2. The van der Waals surface area contributed by atoms with Crippen molar-refractivity contribution in [3.63, 3.8) is 0 Å². The molecule has 0 saturated carbocycles. The molecule has 1 amide bonds. The summed E-state index contributed by atoms with van der Waals surface area (Å²) < 4.78 is 0. The molecule has 0 aliphatic rings. The van der Waals surface area contributed by atoms with E-state index in [1.807, 2.05) is 30.5 Å². The Morgan fingerprint density at radius 2 is 2.16 bits per heavy atom. The Kier molecular flexibility index (Phi) is 4.38. The van der Waals surface area contributed by atoms with E-state index in [-0.39, 0.29) is 5.91 Å². The van der Waals surface area contributed by atoms with Gasteiger partial charge in [0.05, 0.1) is 5.56 Å². The predicted molar refractivity (Wildman–Crippen MR) is 78.2 cm³/mol. The highest BCUT2D eigenvalue weighted by Crippen LogP contribution is 2.19. The lowest BCUT2D eigenvalue weighted by atomic mass is 10.2. The molecule has 0 radical (unpaired) electrons. The van der Waals surface area contributed by atoms with Gasteiger partial charge in [0, 0.05) is 16.8 Å². The van der Waals surface area contributed by atoms with E-state index >= 15 is 0 Å². The third-order valence-corrected chi connectivity index (χ3v) is 3.23. The zero-order chi connectivity index (χ0) is 13.7. The molecule has 1 heterocycles. The van der Waals surface area contributed by atoms with Crippen LogP contribution in [0.2, 0.25) is 0 Å². The minimum absolute atomic E-state index is 0.200. The van der Waals surface area contributed by atoms with Gasteiger partial charge in [-0.1, -0.05) is 6.07 Å². The molecule has 1 aromatic heterocycles. The third-order valence-electron chi connectivity index (χ3n) is 2.50. The number of nitrogens with one attached hydrogen (secondary N) is 2. The molecule has 98 valence electrons. The molecule has 0 spiro atoms. The fourth-order valence-corrected chi connectivity index (χ4v) is 1.98. The van der Waals surface area contributed by atoms with Crippen molar-refractivity contribution in [2.45, 2.75) is 4.90 Å². The van der Waals surface area contributed by atoms with Crippen LogP contribution in [0.3, 0.4) is 0 Å². The van der Waals surface area contributed by atoms with E-state index in [1.54, 1.807) is 23.9 Å². The van der Waals surface area contributed by atoms with Crippen LogP contribution >= 0.6 is 11.8 Å². The Bertz CT molecular complexity index is 571. The largest absolute Gasteiger partial charge is 0.322 e. The summed E-state index contributed by atoms with van der Waals surface area (Å²) in [4.78, 5) is 17.1. The van der Waals surface area contributed by atoms with Crippen LogP contribution < -0.4 is 16.6 Å². The molecule has 2 aromatic rings. The van der Waals surface area contributed by atoms with E-state index in [2.05, 4.69) is 15.7 Å². The van der Waals surface area contributed by atoms with Crippen molar-refractivity contribution in [2.75, 3.05) is 17.0 Å². The van der Waals surface area contributed by atoms with Crippen molar-refractivity contribution in [3.8, 4) is 0 Å². The summed E-state index contributed by atoms with van der Waals surface area (Å²) in [5, 5.41) is 2.83. The van der Waals surface area contributed by atoms with Gasteiger partial charge < -0.3 is 10.7 Å². The molecule has 0 aliphatic heterocycles. The van der Waals surface area contributed by atoms with E-state index in [0.717, 1.165) is 10.6 Å². The van der Waals surface area contributed by atoms with Crippen LogP contribution in [0.1, 0.15) is 10.4 Å². The molecule has 0 atom stereocenters. The maximum absolute atomic E-state index is 12.0. The molecule has 19 heavy (non-hydrogen) atoms. The maximum atomic E-state index is 12.0. The predicted octanol–water partition coefficient (Wildman–Crippen LogP) is 2.34. The highest BCUT2D eigenvalue weighted by Gasteiger charge is 2.06. The molecule has 0 bridgehead atoms. The molecular weight excluding hydrogens is 260 g/mol. The maximum Gasteiger partial charge on any atom is 0.257 e. The number of pyridine rings is 1. The normalized spacial score (nSPS) is 10.0. The first-order valence-electron chi connectivity index (χ1n) is 5.61. The lowest BCUT2D eigenvalue weighted by Crippen LogP contribution is -2.13. The number of carbonyl (C=O) groups is 1. The van der Waals surface area contributed by atoms with E-state index < -0.39 is 0 Å². The number of carbonyl (C=O) groups excluding carboxylic acids is 1. The second-order valence-electron chi connectivity index (χ2n) is 3.76. The molecule has 0 fully saturated rings. The molecule has 5 nitrogen and oxygen atoms in total. The van der Waals surface area contributed by atoms with Crippen molar-refractivity contribution in [1.82, 2.24) is 4.98 Å².